The molecule has 0 atom stereocenters. The zero-order chi connectivity index (χ0) is 20.7. The van der Waals surface area contributed by atoms with Crippen LogP contribution >= 0.6 is 0 Å². The molecule has 0 unspecified atom stereocenters. The maximum atomic E-state index is 5.64. The van der Waals surface area contributed by atoms with Gasteiger partial charge in [-0.25, -0.2) is 0 Å². The first-order chi connectivity index (χ1) is 13.8. The minimum Gasteiger partial charge on any atom is -0.380 e. The number of nitrogens with one attached hydrogen (secondary N) is 2. The fourth-order valence-corrected chi connectivity index (χ4v) is 3.16. The summed E-state index contributed by atoms with van der Waals surface area (Å²) in [7, 11) is 2.01. The molecule has 0 aromatic heterocycles. The Labute approximate surface area is 175 Å². The van der Waals surface area contributed by atoms with Gasteiger partial charge in [-0.3, -0.25) is 4.90 Å². The molecule has 170 valence electrons. The van der Waals surface area contributed by atoms with Crippen LogP contribution < -0.4 is 10.6 Å². The zero-order valence-electron chi connectivity index (χ0n) is 19.4. The SMILES string of the molecule is CCCOCCN(CCC)CCCCCNCCN(CCNC)CCOCC. The predicted molar refractivity (Wildman–Crippen MR) is 121 cm³/mol. The molecular weight excluding hydrogens is 352 g/mol. The summed E-state index contributed by atoms with van der Waals surface area (Å²) in [6.45, 7) is 19.8. The van der Waals surface area contributed by atoms with Gasteiger partial charge in [0.25, 0.3) is 0 Å². The molecule has 0 amide bonds. The van der Waals surface area contributed by atoms with Crippen molar-refractivity contribution in [2.24, 2.45) is 0 Å². The highest BCUT2D eigenvalue weighted by Gasteiger charge is 2.05. The lowest BCUT2D eigenvalue weighted by molar-refractivity contribution is 0.103. The van der Waals surface area contributed by atoms with Crippen LogP contribution in [0.25, 0.3) is 0 Å². The minimum absolute atomic E-state index is 0.805. The van der Waals surface area contributed by atoms with E-state index in [1.54, 1.807) is 0 Å². The molecule has 0 radical (unpaired) electrons. The standard InChI is InChI=1S/C22H50N4O2/c1-5-14-25(19-22-28-20-6-2)15-10-8-9-11-24-13-17-26(16-12-23-4)18-21-27-7-3/h23-24H,5-22H2,1-4H3. The lowest BCUT2D eigenvalue weighted by Crippen LogP contribution is -2.38. The van der Waals surface area contributed by atoms with E-state index in [-0.39, 0.29) is 0 Å². The predicted octanol–water partition coefficient (Wildman–Crippen LogP) is 2.44. The molecule has 0 fully saturated rings. The summed E-state index contributed by atoms with van der Waals surface area (Å²) in [4.78, 5) is 5.03. The van der Waals surface area contributed by atoms with Gasteiger partial charge in [0.2, 0.25) is 0 Å². The molecule has 0 spiro atoms. The van der Waals surface area contributed by atoms with E-state index in [1.807, 2.05) is 7.05 Å². The van der Waals surface area contributed by atoms with Gasteiger partial charge >= 0.3 is 0 Å². The van der Waals surface area contributed by atoms with E-state index in [0.717, 1.165) is 78.7 Å². The van der Waals surface area contributed by atoms with Crippen LogP contribution in [0.2, 0.25) is 0 Å². The van der Waals surface area contributed by atoms with Gasteiger partial charge < -0.3 is 25.0 Å². The molecular formula is C22H50N4O2. The zero-order valence-corrected chi connectivity index (χ0v) is 19.4. The first-order valence-corrected chi connectivity index (χ1v) is 11.7. The highest BCUT2D eigenvalue weighted by atomic mass is 16.5. The van der Waals surface area contributed by atoms with Crippen molar-refractivity contribution in [2.75, 3.05) is 92.4 Å². The van der Waals surface area contributed by atoms with Crippen molar-refractivity contribution < 1.29 is 9.47 Å². The Morgan fingerprint density at radius 1 is 0.607 bits per heavy atom. The van der Waals surface area contributed by atoms with Gasteiger partial charge in [0.05, 0.1) is 13.2 Å². The van der Waals surface area contributed by atoms with Crippen LogP contribution in [-0.2, 0) is 9.47 Å². The Morgan fingerprint density at radius 3 is 2.00 bits per heavy atom. The van der Waals surface area contributed by atoms with Gasteiger partial charge in [0.15, 0.2) is 0 Å². The molecule has 0 saturated carbocycles. The molecule has 28 heavy (non-hydrogen) atoms. The van der Waals surface area contributed by atoms with Crippen molar-refractivity contribution in [3.8, 4) is 0 Å². The minimum atomic E-state index is 0.805. The highest BCUT2D eigenvalue weighted by Crippen LogP contribution is 2.00. The van der Waals surface area contributed by atoms with Crippen molar-refractivity contribution in [1.29, 1.82) is 0 Å². The molecule has 0 aromatic rings. The van der Waals surface area contributed by atoms with Gasteiger partial charge in [-0.2, -0.15) is 0 Å². The monoisotopic (exact) mass is 402 g/mol. The molecule has 0 heterocycles. The molecule has 0 rings (SSSR count). The fraction of sp³-hybridized carbons (Fsp3) is 1.00. The number of unbranched alkanes of at least 4 members (excludes halogenated alkanes) is 2. The summed E-state index contributed by atoms with van der Waals surface area (Å²) in [5.41, 5.74) is 0. The average Bonchev–Trinajstić information content (AvgIpc) is 2.70. The number of likely N-dealkylation sites (N-methyl/N-ethyl adjacent to an activating group) is 1. The molecule has 0 aliphatic rings. The lowest BCUT2D eigenvalue weighted by atomic mass is 10.2. The van der Waals surface area contributed by atoms with E-state index in [2.05, 4.69) is 41.2 Å². The summed E-state index contributed by atoms with van der Waals surface area (Å²) >= 11 is 0. The van der Waals surface area contributed by atoms with Crippen LogP contribution in [0.4, 0.5) is 0 Å². The molecule has 0 bridgehead atoms. The third-order valence-corrected chi connectivity index (χ3v) is 4.81. The molecule has 0 saturated heterocycles. The van der Waals surface area contributed by atoms with Gasteiger partial charge in [-0.1, -0.05) is 20.3 Å². The maximum absolute atomic E-state index is 5.64. The van der Waals surface area contributed by atoms with E-state index in [9.17, 15) is 0 Å². The fourth-order valence-electron chi connectivity index (χ4n) is 3.16. The molecule has 6 nitrogen and oxygen atoms in total. The Bertz CT molecular complexity index is 296. The maximum Gasteiger partial charge on any atom is 0.0593 e. The second kappa shape index (κ2) is 23.0. The number of rotatable bonds is 23. The normalized spacial score (nSPS) is 11.8. The molecule has 0 aromatic carbocycles. The van der Waals surface area contributed by atoms with Crippen LogP contribution in [0.3, 0.4) is 0 Å². The van der Waals surface area contributed by atoms with E-state index >= 15 is 0 Å². The number of hydrogen-bond acceptors (Lipinski definition) is 6. The van der Waals surface area contributed by atoms with Crippen molar-refractivity contribution in [2.45, 2.75) is 52.9 Å². The van der Waals surface area contributed by atoms with Crippen LogP contribution in [0, 0.1) is 0 Å². The van der Waals surface area contributed by atoms with Gasteiger partial charge in [-0.05, 0) is 59.3 Å². The Morgan fingerprint density at radius 2 is 1.32 bits per heavy atom. The first-order valence-electron chi connectivity index (χ1n) is 11.7. The smallest absolute Gasteiger partial charge is 0.0593 e. The quantitative estimate of drug-likeness (QED) is 0.256. The second-order valence-electron chi connectivity index (χ2n) is 7.41. The first kappa shape index (κ1) is 27.8. The Balaban J connectivity index is 3.66. The van der Waals surface area contributed by atoms with Gasteiger partial charge in [0.1, 0.15) is 0 Å². The van der Waals surface area contributed by atoms with Gasteiger partial charge in [0, 0.05) is 52.5 Å². The summed E-state index contributed by atoms with van der Waals surface area (Å²) in [5.74, 6) is 0. The largest absolute Gasteiger partial charge is 0.380 e. The summed E-state index contributed by atoms with van der Waals surface area (Å²) in [6, 6.07) is 0. The molecule has 6 heteroatoms. The molecule has 2 N–H and O–H groups in total. The Hall–Kier alpha value is -0.240. The van der Waals surface area contributed by atoms with Crippen molar-refractivity contribution in [1.82, 2.24) is 20.4 Å². The van der Waals surface area contributed by atoms with E-state index in [4.69, 9.17) is 9.47 Å². The topological polar surface area (TPSA) is 49.0 Å². The Kier molecular flexibility index (Phi) is 22.8. The van der Waals surface area contributed by atoms with Crippen LogP contribution in [0.1, 0.15) is 52.9 Å². The van der Waals surface area contributed by atoms with Crippen LogP contribution in [0.15, 0.2) is 0 Å². The summed E-state index contributed by atoms with van der Waals surface area (Å²) in [5, 5.41) is 6.84. The molecule has 0 aliphatic heterocycles. The van der Waals surface area contributed by atoms with Crippen LogP contribution in [0.5, 0.6) is 0 Å². The number of ether oxygens (including phenoxy) is 2. The van der Waals surface area contributed by atoms with Crippen molar-refractivity contribution >= 4 is 0 Å². The average molecular weight is 403 g/mol. The van der Waals surface area contributed by atoms with Crippen LogP contribution in [-0.4, -0.2) is 102 Å². The number of hydrogen-bond donors (Lipinski definition) is 2. The van der Waals surface area contributed by atoms with Crippen molar-refractivity contribution in [3.05, 3.63) is 0 Å². The molecule has 0 aliphatic carbocycles. The summed E-state index contributed by atoms with van der Waals surface area (Å²) < 4.78 is 11.1. The van der Waals surface area contributed by atoms with E-state index < -0.39 is 0 Å². The van der Waals surface area contributed by atoms with Gasteiger partial charge in [-0.15, -0.1) is 0 Å². The second-order valence-corrected chi connectivity index (χ2v) is 7.41. The highest BCUT2D eigenvalue weighted by molar-refractivity contribution is 4.62. The van der Waals surface area contributed by atoms with E-state index in [0.29, 0.717) is 0 Å². The lowest BCUT2D eigenvalue weighted by Gasteiger charge is -2.22. The van der Waals surface area contributed by atoms with Crippen molar-refractivity contribution in [3.63, 3.8) is 0 Å². The third kappa shape index (κ3) is 19.1. The summed E-state index contributed by atoms with van der Waals surface area (Å²) in [6.07, 6.45) is 6.19. The number of nitrogens with zero attached hydrogens (tertiary/aromatic N) is 2. The van der Waals surface area contributed by atoms with E-state index in [1.165, 1.54) is 38.8 Å². The third-order valence-electron chi connectivity index (χ3n) is 4.81.